The van der Waals surface area contributed by atoms with Gasteiger partial charge in [0.15, 0.2) is 6.23 Å². The van der Waals surface area contributed by atoms with Crippen LogP contribution in [0.2, 0.25) is 0 Å². The van der Waals surface area contributed by atoms with Crippen LogP contribution in [0.3, 0.4) is 0 Å². The summed E-state index contributed by atoms with van der Waals surface area (Å²) in [4.78, 5) is 14.7. The van der Waals surface area contributed by atoms with Gasteiger partial charge in [0.2, 0.25) is 0 Å². The molecule has 5 rings (SSSR count). The maximum Gasteiger partial charge on any atom is 0.307 e. The first-order valence-corrected chi connectivity index (χ1v) is 15.1. The van der Waals surface area contributed by atoms with E-state index in [0.29, 0.717) is 30.6 Å². The van der Waals surface area contributed by atoms with Gasteiger partial charge in [-0.15, -0.1) is 0 Å². The second-order valence-electron chi connectivity index (χ2n) is 14.3. The Morgan fingerprint density at radius 1 is 1.11 bits per heavy atom. The molecular formula is C32H51NO4. The number of hydrogen-bond acceptors (Lipinski definition) is 5. The Bertz CT molecular complexity index is 968. The standard InChI is InChI=1S/C32H51NO4/c1-20(7-12-29(36)37-28-19-21(34)15-18-33(28)6)23-9-10-24-22-8-11-26-30(2,3)27(35)14-17-32(26,5)25(22)13-16-31(23,24)4/h10,20-21,23,26-28,34-35H,7-9,11-19H2,1-6H3/t20-,21?,23-,26+,27+,28?,31-,32-/m1/s1. The largest absolute Gasteiger partial charge is 0.446 e. The summed E-state index contributed by atoms with van der Waals surface area (Å²) in [5, 5.41) is 20.8. The number of likely N-dealkylation sites (tertiary alicyclic amines) is 1. The van der Waals surface area contributed by atoms with E-state index in [4.69, 9.17) is 4.74 Å². The summed E-state index contributed by atoms with van der Waals surface area (Å²) in [5.74, 6) is 1.45. The second kappa shape index (κ2) is 9.78. The van der Waals surface area contributed by atoms with Crippen LogP contribution in [0, 0.1) is 34.0 Å². The van der Waals surface area contributed by atoms with Crippen LogP contribution in [0.5, 0.6) is 0 Å². The third-order valence-corrected chi connectivity index (χ3v) is 12.0. The molecule has 5 nitrogen and oxygen atoms in total. The molecular weight excluding hydrogens is 462 g/mol. The normalized spacial score (nSPS) is 42.4. The number of carbonyl (C=O) groups excluding carboxylic acids is 1. The molecule has 4 aliphatic carbocycles. The lowest BCUT2D eigenvalue weighted by Gasteiger charge is -2.59. The van der Waals surface area contributed by atoms with Gasteiger partial charge < -0.3 is 14.9 Å². The zero-order chi connectivity index (χ0) is 26.8. The quantitative estimate of drug-likeness (QED) is 0.441. The highest BCUT2D eigenvalue weighted by Crippen LogP contribution is 2.66. The van der Waals surface area contributed by atoms with Crippen LogP contribution in [-0.2, 0) is 9.53 Å². The molecule has 0 aromatic carbocycles. The Morgan fingerprint density at radius 3 is 2.62 bits per heavy atom. The zero-order valence-electron chi connectivity index (χ0n) is 24.2. The fourth-order valence-corrected chi connectivity index (χ4v) is 9.50. The zero-order valence-corrected chi connectivity index (χ0v) is 24.2. The molecule has 5 aliphatic rings. The highest BCUT2D eigenvalue weighted by atomic mass is 16.6. The van der Waals surface area contributed by atoms with Gasteiger partial charge in [-0.1, -0.05) is 46.3 Å². The number of carbonyl (C=O) groups is 1. The molecule has 0 aromatic heterocycles. The van der Waals surface area contributed by atoms with Crippen LogP contribution in [0.15, 0.2) is 22.8 Å². The number of fused-ring (bicyclic) bond motifs is 4. The molecule has 0 bridgehead atoms. The van der Waals surface area contributed by atoms with Crippen molar-refractivity contribution in [3.8, 4) is 0 Å². The van der Waals surface area contributed by atoms with Crippen LogP contribution in [-0.4, -0.2) is 53.1 Å². The number of allylic oxidation sites excluding steroid dienone is 4. The number of rotatable bonds is 5. The molecule has 2 N–H and O–H groups in total. The molecule has 1 saturated carbocycles. The van der Waals surface area contributed by atoms with Crippen molar-refractivity contribution in [2.24, 2.45) is 34.0 Å². The number of hydrogen-bond donors (Lipinski definition) is 2. The molecule has 1 aliphatic heterocycles. The third kappa shape index (κ3) is 4.55. The van der Waals surface area contributed by atoms with Crippen LogP contribution in [0.25, 0.3) is 0 Å². The number of aliphatic hydroxyl groups is 2. The van der Waals surface area contributed by atoms with E-state index in [1.54, 1.807) is 16.7 Å². The van der Waals surface area contributed by atoms with Gasteiger partial charge in [-0.2, -0.15) is 0 Å². The summed E-state index contributed by atoms with van der Waals surface area (Å²) in [5.41, 5.74) is 5.38. The molecule has 0 aromatic rings. The average Bonchev–Trinajstić information content (AvgIpc) is 3.20. The smallest absolute Gasteiger partial charge is 0.307 e. The molecule has 2 unspecified atom stereocenters. The summed E-state index contributed by atoms with van der Waals surface area (Å²) in [6.45, 7) is 12.7. The van der Waals surface area contributed by atoms with Gasteiger partial charge in [0.05, 0.1) is 12.2 Å². The Kier molecular flexibility index (Phi) is 7.25. The maximum absolute atomic E-state index is 12.7. The van der Waals surface area contributed by atoms with Gasteiger partial charge in [0.25, 0.3) is 0 Å². The Hall–Kier alpha value is -1.17. The lowest BCUT2D eigenvalue weighted by molar-refractivity contribution is -0.165. The van der Waals surface area contributed by atoms with Crippen molar-refractivity contribution in [2.75, 3.05) is 13.6 Å². The molecule has 1 saturated heterocycles. The maximum atomic E-state index is 12.7. The first-order chi connectivity index (χ1) is 17.4. The van der Waals surface area contributed by atoms with Crippen molar-refractivity contribution in [1.29, 1.82) is 0 Å². The Morgan fingerprint density at radius 2 is 1.86 bits per heavy atom. The van der Waals surface area contributed by atoms with E-state index < -0.39 is 0 Å². The van der Waals surface area contributed by atoms with E-state index in [9.17, 15) is 15.0 Å². The van der Waals surface area contributed by atoms with Gasteiger partial charge in [-0.25, -0.2) is 0 Å². The number of ether oxygens (including phenoxy) is 1. The average molecular weight is 514 g/mol. The van der Waals surface area contributed by atoms with Crippen LogP contribution in [0.4, 0.5) is 0 Å². The second-order valence-corrected chi connectivity index (χ2v) is 14.3. The number of piperidine rings is 1. The van der Waals surface area contributed by atoms with Gasteiger partial charge in [0.1, 0.15) is 0 Å². The minimum atomic E-state index is -0.372. The van der Waals surface area contributed by atoms with Crippen molar-refractivity contribution in [3.05, 3.63) is 22.8 Å². The van der Waals surface area contributed by atoms with Gasteiger partial charge in [0, 0.05) is 19.4 Å². The van der Waals surface area contributed by atoms with E-state index in [2.05, 4.69) is 40.7 Å². The SMILES string of the molecule is C[C@H](CCC(=O)OC1CC(O)CCN1C)[C@H]1CC=C2C3=C(CC[C@@]21C)[C@@]1(C)CC[C@H](O)C(C)(C)[C@@H]1CC3. The highest BCUT2D eigenvalue weighted by molar-refractivity contribution is 5.69. The minimum Gasteiger partial charge on any atom is -0.446 e. The van der Waals surface area contributed by atoms with Crippen molar-refractivity contribution in [1.82, 2.24) is 4.90 Å². The molecule has 5 heteroatoms. The summed E-state index contributed by atoms with van der Waals surface area (Å²) in [6.07, 6.45) is 12.1. The first-order valence-electron chi connectivity index (χ1n) is 15.1. The summed E-state index contributed by atoms with van der Waals surface area (Å²) >= 11 is 0. The van der Waals surface area contributed by atoms with Crippen molar-refractivity contribution >= 4 is 5.97 Å². The van der Waals surface area contributed by atoms with Crippen LogP contribution in [0.1, 0.15) is 105 Å². The lowest BCUT2D eigenvalue weighted by atomic mass is 9.46. The fraction of sp³-hybridized carbons (Fsp3) is 0.844. The lowest BCUT2D eigenvalue weighted by Crippen LogP contribution is -2.53. The van der Waals surface area contributed by atoms with Crippen molar-refractivity contribution in [2.45, 2.75) is 124 Å². The van der Waals surface area contributed by atoms with Crippen LogP contribution < -0.4 is 0 Å². The summed E-state index contributed by atoms with van der Waals surface area (Å²) < 4.78 is 5.76. The van der Waals surface area contributed by atoms with E-state index in [-0.39, 0.29) is 40.7 Å². The molecule has 1 heterocycles. The van der Waals surface area contributed by atoms with Crippen molar-refractivity contribution in [3.63, 3.8) is 0 Å². The van der Waals surface area contributed by atoms with Gasteiger partial charge >= 0.3 is 5.97 Å². The number of esters is 1. The fourth-order valence-electron chi connectivity index (χ4n) is 9.50. The highest BCUT2D eigenvalue weighted by Gasteiger charge is 2.57. The van der Waals surface area contributed by atoms with E-state index >= 15 is 0 Å². The molecule has 8 atom stereocenters. The topological polar surface area (TPSA) is 70.0 Å². The van der Waals surface area contributed by atoms with E-state index in [1.807, 2.05) is 11.9 Å². The van der Waals surface area contributed by atoms with E-state index in [1.165, 1.54) is 19.3 Å². The van der Waals surface area contributed by atoms with E-state index in [0.717, 1.165) is 45.1 Å². The predicted octanol–water partition coefficient (Wildman–Crippen LogP) is 6.00. The number of aliphatic hydroxyl groups excluding tert-OH is 2. The third-order valence-electron chi connectivity index (χ3n) is 12.0. The monoisotopic (exact) mass is 513 g/mol. The molecule has 0 radical (unpaired) electrons. The molecule has 2 fully saturated rings. The van der Waals surface area contributed by atoms with Crippen molar-refractivity contribution < 1.29 is 19.7 Å². The molecule has 0 amide bonds. The summed E-state index contributed by atoms with van der Waals surface area (Å²) in [7, 11) is 1.97. The molecule has 208 valence electrons. The molecule has 37 heavy (non-hydrogen) atoms. The minimum absolute atomic E-state index is 0.0213. The van der Waals surface area contributed by atoms with Crippen LogP contribution >= 0.6 is 0 Å². The predicted molar refractivity (Wildman–Crippen MR) is 147 cm³/mol. The van der Waals surface area contributed by atoms with Gasteiger partial charge in [-0.05, 0) is 110 Å². The number of nitrogens with zero attached hydrogens (tertiary/aromatic N) is 1. The Balaban J connectivity index is 1.25. The van der Waals surface area contributed by atoms with Gasteiger partial charge in [-0.3, -0.25) is 9.69 Å². The molecule has 0 spiro atoms. The summed E-state index contributed by atoms with van der Waals surface area (Å²) in [6, 6.07) is 0. The first kappa shape index (κ1) is 27.4. The Labute approximate surface area is 224 Å².